The van der Waals surface area contributed by atoms with Crippen LogP contribution in [0.15, 0.2) is 0 Å². The quantitative estimate of drug-likeness (QED) is 0.780. The molecule has 1 N–H and O–H groups in total. The highest BCUT2D eigenvalue weighted by Crippen LogP contribution is 2.32. The van der Waals surface area contributed by atoms with Crippen LogP contribution in [0.25, 0.3) is 0 Å². The molecule has 1 aliphatic heterocycles. The van der Waals surface area contributed by atoms with Crippen molar-refractivity contribution in [3.8, 4) is 0 Å². The molecule has 2 fully saturated rings. The number of hydrogen-bond acceptors (Lipinski definition) is 3. The van der Waals surface area contributed by atoms with Gasteiger partial charge in [-0.15, -0.1) is 0 Å². The Morgan fingerprint density at radius 2 is 2.05 bits per heavy atom. The average Bonchev–Trinajstić information content (AvgIpc) is 3.02. The van der Waals surface area contributed by atoms with Gasteiger partial charge >= 0.3 is 0 Å². The van der Waals surface area contributed by atoms with Crippen LogP contribution in [-0.4, -0.2) is 42.3 Å². The van der Waals surface area contributed by atoms with E-state index in [0.717, 1.165) is 19.4 Å². The lowest BCUT2D eigenvalue weighted by Crippen LogP contribution is -2.45. The monoisotopic (exact) mass is 282 g/mol. The number of hydrogen-bond donors (Lipinski definition) is 1. The van der Waals surface area contributed by atoms with E-state index in [9.17, 15) is 4.79 Å². The molecule has 1 saturated carbocycles. The Kier molecular flexibility index (Phi) is 5.85. The molecule has 3 unspecified atom stereocenters. The summed E-state index contributed by atoms with van der Waals surface area (Å²) in [4.78, 5) is 14.7. The number of nitrogens with one attached hydrogen (secondary N) is 1. The first-order chi connectivity index (χ1) is 9.67. The largest absolute Gasteiger partial charge is 0.377 e. The van der Waals surface area contributed by atoms with Crippen LogP contribution in [0.5, 0.6) is 0 Å². The molecule has 0 spiro atoms. The maximum absolute atomic E-state index is 12.6. The summed E-state index contributed by atoms with van der Waals surface area (Å²) in [5.74, 6) is 0.921. The summed E-state index contributed by atoms with van der Waals surface area (Å²) in [5, 5.41) is 3.60. The third-order valence-corrected chi connectivity index (χ3v) is 4.62. The van der Waals surface area contributed by atoms with E-state index in [-0.39, 0.29) is 24.2 Å². The van der Waals surface area contributed by atoms with Gasteiger partial charge in [0.1, 0.15) is 0 Å². The van der Waals surface area contributed by atoms with Crippen molar-refractivity contribution < 1.29 is 9.53 Å². The first-order valence-electron chi connectivity index (χ1n) is 8.35. The summed E-state index contributed by atoms with van der Waals surface area (Å²) in [5.41, 5.74) is 0. The van der Waals surface area contributed by atoms with Gasteiger partial charge in [-0.2, -0.15) is 0 Å². The molecular weight excluding hydrogens is 252 g/mol. The molecule has 2 rings (SSSR count). The van der Waals surface area contributed by atoms with Crippen LogP contribution in [0.4, 0.5) is 0 Å². The van der Waals surface area contributed by atoms with E-state index < -0.39 is 0 Å². The summed E-state index contributed by atoms with van der Waals surface area (Å²) in [6, 6.07) is 0.0272. The summed E-state index contributed by atoms with van der Waals surface area (Å²) < 4.78 is 5.64. The fourth-order valence-electron chi connectivity index (χ4n) is 3.68. The molecule has 4 nitrogen and oxygen atoms in total. The van der Waals surface area contributed by atoms with Gasteiger partial charge in [-0.1, -0.05) is 26.2 Å². The minimum Gasteiger partial charge on any atom is -0.377 e. The Hall–Kier alpha value is -0.610. The molecule has 2 aliphatic rings. The van der Waals surface area contributed by atoms with Crippen molar-refractivity contribution in [2.24, 2.45) is 5.92 Å². The molecule has 0 bridgehead atoms. The Bertz CT molecular complexity index is 316. The third-order valence-electron chi connectivity index (χ3n) is 4.62. The van der Waals surface area contributed by atoms with E-state index >= 15 is 0 Å². The fourth-order valence-corrected chi connectivity index (χ4v) is 3.68. The van der Waals surface area contributed by atoms with Crippen molar-refractivity contribution in [1.82, 2.24) is 10.2 Å². The summed E-state index contributed by atoms with van der Waals surface area (Å²) in [7, 11) is 0. The fraction of sp³-hybridized carbons (Fsp3) is 0.938. The van der Waals surface area contributed by atoms with Gasteiger partial charge in [-0.05, 0) is 39.0 Å². The predicted octanol–water partition coefficient (Wildman–Crippen LogP) is 2.53. The number of ether oxygens (including phenoxy) is 1. The number of nitrogens with zero attached hydrogens (tertiary/aromatic N) is 1. The minimum atomic E-state index is 0.0272. The molecule has 116 valence electrons. The van der Waals surface area contributed by atoms with Crippen LogP contribution < -0.4 is 5.32 Å². The Balaban J connectivity index is 2.03. The molecule has 1 aliphatic carbocycles. The van der Waals surface area contributed by atoms with Crippen LogP contribution >= 0.6 is 0 Å². The number of rotatable bonds is 7. The second-order valence-corrected chi connectivity index (χ2v) is 6.25. The first-order valence-corrected chi connectivity index (χ1v) is 8.35. The van der Waals surface area contributed by atoms with Gasteiger partial charge < -0.3 is 9.64 Å². The molecule has 4 heteroatoms. The van der Waals surface area contributed by atoms with Crippen molar-refractivity contribution in [3.63, 3.8) is 0 Å². The number of carbonyl (C=O) groups is 1. The Labute approximate surface area is 123 Å². The molecule has 0 radical (unpaired) electrons. The van der Waals surface area contributed by atoms with E-state index in [1.165, 1.54) is 25.7 Å². The van der Waals surface area contributed by atoms with Gasteiger partial charge in [0.25, 0.3) is 0 Å². The minimum absolute atomic E-state index is 0.0272. The van der Waals surface area contributed by atoms with Crippen LogP contribution in [0.3, 0.4) is 0 Å². The number of amides is 1. The van der Waals surface area contributed by atoms with E-state index in [4.69, 9.17) is 4.74 Å². The summed E-state index contributed by atoms with van der Waals surface area (Å²) >= 11 is 0. The van der Waals surface area contributed by atoms with Gasteiger partial charge in [0.2, 0.25) is 5.91 Å². The zero-order valence-corrected chi connectivity index (χ0v) is 13.2. The van der Waals surface area contributed by atoms with Gasteiger partial charge in [0.15, 0.2) is 0 Å². The van der Waals surface area contributed by atoms with Crippen molar-refractivity contribution in [3.05, 3.63) is 0 Å². The Morgan fingerprint density at radius 1 is 1.35 bits per heavy atom. The van der Waals surface area contributed by atoms with Gasteiger partial charge in [0, 0.05) is 13.2 Å². The van der Waals surface area contributed by atoms with Gasteiger partial charge in [-0.3, -0.25) is 10.1 Å². The van der Waals surface area contributed by atoms with Crippen LogP contribution in [0.2, 0.25) is 0 Å². The van der Waals surface area contributed by atoms with Crippen molar-refractivity contribution in [2.45, 2.75) is 77.6 Å². The number of carbonyl (C=O) groups excluding carboxylic acids is 1. The summed E-state index contributed by atoms with van der Waals surface area (Å²) in [6.07, 6.45) is 7.48. The van der Waals surface area contributed by atoms with Crippen LogP contribution in [-0.2, 0) is 9.53 Å². The van der Waals surface area contributed by atoms with E-state index in [0.29, 0.717) is 12.5 Å². The van der Waals surface area contributed by atoms with Crippen molar-refractivity contribution in [1.29, 1.82) is 0 Å². The molecule has 0 aromatic heterocycles. The predicted molar refractivity (Wildman–Crippen MR) is 80.4 cm³/mol. The maximum Gasteiger partial charge on any atom is 0.241 e. The summed E-state index contributed by atoms with van der Waals surface area (Å²) in [6.45, 7) is 7.65. The van der Waals surface area contributed by atoms with E-state index in [1.807, 2.05) is 6.92 Å². The molecule has 1 amide bonds. The average molecular weight is 282 g/mol. The normalized spacial score (nSPS) is 29.4. The molecule has 0 aromatic rings. The molecule has 3 atom stereocenters. The molecule has 1 saturated heterocycles. The van der Waals surface area contributed by atoms with Crippen molar-refractivity contribution in [2.75, 3.05) is 13.2 Å². The maximum atomic E-state index is 12.6. The second-order valence-electron chi connectivity index (χ2n) is 6.25. The first kappa shape index (κ1) is 15.8. The third kappa shape index (κ3) is 3.53. The standard InChI is InChI=1S/C16H30N2O2/c1-4-8-14-16(19)18(11-12(3)20-5-2)15(17-14)13-9-6-7-10-13/h12-15,17H,4-11H2,1-3H3. The van der Waals surface area contributed by atoms with Crippen LogP contribution in [0.1, 0.15) is 59.3 Å². The SMILES string of the molecule is CCCC1NC(C2CCCC2)N(CC(C)OCC)C1=O. The smallest absolute Gasteiger partial charge is 0.241 e. The van der Waals surface area contributed by atoms with Gasteiger partial charge in [-0.25, -0.2) is 0 Å². The molecule has 1 heterocycles. The highest BCUT2D eigenvalue weighted by molar-refractivity contribution is 5.84. The van der Waals surface area contributed by atoms with Gasteiger partial charge in [0.05, 0.1) is 18.3 Å². The Morgan fingerprint density at radius 3 is 2.65 bits per heavy atom. The van der Waals surface area contributed by atoms with E-state index in [1.54, 1.807) is 0 Å². The molecule has 20 heavy (non-hydrogen) atoms. The lowest BCUT2D eigenvalue weighted by molar-refractivity contribution is -0.132. The second kappa shape index (κ2) is 7.41. The molecular formula is C16H30N2O2. The van der Waals surface area contributed by atoms with E-state index in [2.05, 4.69) is 24.1 Å². The lowest BCUT2D eigenvalue weighted by Gasteiger charge is -2.31. The topological polar surface area (TPSA) is 41.6 Å². The lowest BCUT2D eigenvalue weighted by atomic mass is 10.0. The highest BCUT2D eigenvalue weighted by atomic mass is 16.5. The zero-order valence-electron chi connectivity index (χ0n) is 13.2. The highest BCUT2D eigenvalue weighted by Gasteiger charge is 2.42. The van der Waals surface area contributed by atoms with Crippen molar-refractivity contribution >= 4 is 5.91 Å². The zero-order chi connectivity index (χ0) is 14.5. The van der Waals surface area contributed by atoms with Crippen LogP contribution in [0, 0.1) is 5.92 Å². The molecule has 0 aromatic carbocycles.